The van der Waals surface area contributed by atoms with E-state index in [1.807, 2.05) is 24.3 Å². The minimum atomic E-state index is -0.0730. The van der Waals surface area contributed by atoms with E-state index in [2.05, 4.69) is 34.2 Å². The van der Waals surface area contributed by atoms with Gasteiger partial charge in [-0.3, -0.25) is 0 Å². The Labute approximate surface area is 118 Å². The summed E-state index contributed by atoms with van der Waals surface area (Å²) in [6, 6.07) is 10.3. The summed E-state index contributed by atoms with van der Waals surface area (Å²) in [6.07, 6.45) is 4.83. The normalized spacial score (nSPS) is 25.2. The SMILES string of the molecule is CC1CCC(C(C#N)Nc2ccccc2Br)CC1. The number of halogens is 1. The molecule has 0 heterocycles. The molecule has 1 fully saturated rings. The average molecular weight is 307 g/mol. The maximum Gasteiger partial charge on any atom is 0.117 e. The highest BCUT2D eigenvalue weighted by Gasteiger charge is 2.26. The van der Waals surface area contributed by atoms with Crippen LogP contribution in [0.3, 0.4) is 0 Å². The fraction of sp³-hybridized carbons (Fsp3) is 0.533. The Morgan fingerprint density at radius 1 is 1.28 bits per heavy atom. The predicted molar refractivity (Wildman–Crippen MR) is 78.3 cm³/mol. The summed E-state index contributed by atoms with van der Waals surface area (Å²) in [5.74, 6) is 1.31. The molecule has 1 aliphatic rings. The molecule has 2 nitrogen and oxygen atoms in total. The van der Waals surface area contributed by atoms with E-state index >= 15 is 0 Å². The Morgan fingerprint density at radius 2 is 1.94 bits per heavy atom. The van der Waals surface area contributed by atoms with Crippen molar-refractivity contribution in [1.82, 2.24) is 0 Å². The van der Waals surface area contributed by atoms with Crippen LogP contribution in [0.5, 0.6) is 0 Å². The molecule has 1 N–H and O–H groups in total. The van der Waals surface area contributed by atoms with Gasteiger partial charge in [-0.15, -0.1) is 0 Å². The van der Waals surface area contributed by atoms with Crippen LogP contribution < -0.4 is 5.32 Å². The third-order valence-electron chi connectivity index (χ3n) is 3.86. The molecule has 3 heteroatoms. The Bertz CT molecular complexity index is 430. The molecule has 0 amide bonds. The predicted octanol–water partition coefficient (Wildman–Crippen LogP) is 4.58. The molecule has 2 rings (SSSR count). The molecule has 1 aromatic rings. The lowest BCUT2D eigenvalue weighted by Gasteiger charge is -2.30. The molecule has 0 aliphatic heterocycles. The van der Waals surface area contributed by atoms with Crippen molar-refractivity contribution in [2.45, 2.75) is 38.6 Å². The van der Waals surface area contributed by atoms with Crippen molar-refractivity contribution < 1.29 is 0 Å². The molecule has 1 atom stereocenters. The van der Waals surface area contributed by atoms with Crippen molar-refractivity contribution in [2.24, 2.45) is 11.8 Å². The summed E-state index contributed by atoms with van der Waals surface area (Å²) < 4.78 is 1.02. The Hall–Kier alpha value is -1.01. The fourth-order valence-electron chi connectivity index (χ4n) is 2.62. The van der Waals surface area contributed by atoms with Crippen molar-refractivity contribution in [2.75, 3.05) is 5.32 Å². The molecule has 1 saturated carbocycles. The fourth-order valence-corrected chi connectivity index (χ4v) is 3.02. The van der Waals surface area contributed by atoms with Gasteiger partial charge in [0.2, 0.25) is 0 Å². The topological polar surface area (TPSA) is 35.8 Å². The Morgan fingerprint density at radius 3 is 2.56 bits per heavy atom. The summed E-state index contributed by atoms with van der Waals surface area (Å²) in [6.45, 7) is 2.30. The first-order chi connectivity index (χ1) is 8.70. The van der Waals surface area contributed by atoms with E-state index in [-0.39, 0.29) is 6.04 Å². The number of anilines is 1. The number of benzene rings is 1. The van der Waals surface area contributed by atoms with Crippen LogP contribution in [-0.4, -0.2) is 6.04 Å². The van der Waals surface area contributed by atoms with Gasteiger partial charge in [0.05, 0.1) is 6.07 Å². The standard InChI is InChI=1S/C15H19BrN2/c1-11-6-8-12(9-7-11)15(10-17)18-14-5-3-2-4-13(14)16/h2-5,11-12,15,18H,6-9H2,1H3. The van der Waals surface area contributed by atoms with E-state index in [0.29, 0.717) is 5.92 Å². The van der Waals surface area contributed by atoms with Crippen molar-refractivity contribution >= 4 is 21.6 Å². The average Bonchev–Trinajstić information content (AvgIpc) is 2.39. The first-order valence-corrected chi connectivity index (χ1v) is 7.40. The van der Waals surface area contributed by atoms with E-state index in [0.717, 1.165) is 28.9 Å². The highest BCUT2D eigenvalue weighted by atomic mass is 79.9. The molecule has 1 unspecified atom stereocenters. The first-order valence-electron chi connectivity index (χ1n) is 6.61. The molecular weight excluding hydrogens is 288 g/mol. The molecule has 0 bridgehead atoms. The number of nitriles is 1. The van der Waals surface area contributed by atoms with Crippen LogP contribution in [-0.2, 0) is 0 Å². The second kappa shape index (κ2) is 6.24. The molecular formula is C15H19BrN2. The van der Waals surface area contributed by atoms with Crippen LogP contribution >= 0.6 is 15.9 Å². The van der Waals surface area contributed by atoms with Crippen molar-refractivity contribution in [3.05, 3.63) is 28.7 Å². The van der Waals surface area contributed by atoms with Crippen LogP contribution in [0.2, 0.25) is 0 Å². The summed E-state index contributed by atoms with van der Waals surface area (Å²) in [5.41, 5.74) is 1.02. The van der Waals surface area contributed by atoms with Crippen molar-refractivity contribution in [3.63, 3.8) is 0 Å². The van der Waals surface area contributed by atoms with Gasteiger partial charge < -0.3 is 5.32 Å². The minimum absolute atomic E-state index is 0.0730. The maximum absolute atomic E-state index is 9.37. The molecule has 1 aliphatic carbocycles. The Kier molecular flexibility index (Phi) is 4.66. The molecule has 0 radical (unpaired) electrons. The van der Waals surface area contributed by atoms with Crippen molar-refractivity contribution in [3.8, 4) is 6.07 Å². The van der Waals surface area contributed by atoms with Crippen LogP contribution in [0.4, 0.5) is 5.69 Å². The summed E-state index contributed by atoms with van der Waals surface area (Å²) in [4.78, 5) is 0. The van der Waals surface area contributed by atoms with Gasteiger partial charge in [0.15, 0.2) is 0 Å². The van der Waals surface area contributed by atoms with Gasteiger partial charge in [0, 0.05) is 10.2 Å². The van der Waals surface area contributed by atoms with E-state index in [9.17, 15) is 5.26 Å². The maximum atomic E-state index is 9.37. The first kappa shape index (κ1) is 13.4. The van der Waals surface area contributed by atoms with Gasteiger partial charge in [-0.25, -0.2) is 0 Å². The van der Waals surface area contributed by atoms with Gasteiger partial charge in [-0.1, -0.05) is 31.9 Å². The molecule has 1 aromatic carbocycles. The molecule has 0 spiro atoms. The molecule has 0 aromatic heterocycles. The van der Waals surface area contributed by atoms with Crippen LogP contribution in [0.25, 0.3) is 0 Å². The molecule has 96 valence electrons. The highest BCUT2D eigenvalue weighted by molar-refractivity contribution is 9.10. The van der Waals surface area contributed by atoms with Gasteiger partial charge in [0.1, 0.15) is 6.04 Å². The number of rotatable bonds is 3. The quantitative estimate of drug-likeness (QED) is 0.887. The third-order valence-corrected chi connectivity index (χ3v) is 4.55. The van der Waals surface area contributed by atoms with Crippen LogP contribution in [0.1, 0.15) is 32.6 Å². The van der Waals surface area contributed by atoms with Crippen molar-refractivity contribution in [1.29, 1.82) is 5.26 Å². The van der Waals surface area contributed by atoms with E-state index in [1.54, 1.807) is 0 Å². The lowest BCUT2D eigenvalue weighted by molar-refractivity contribution is 0.282. The smallest absolute Gasteiger partial charge is 0.117 e. The monoisotopic (exact) mass is 306 g/mol. The minimum Gasteiger partial charge on any atom is -0.369 e. The Balaban J connectivity index is 2.02. The van der Waals surface area contributed by atoms with E-state index in [1.165, 1.54) is 12.8 Å². The molecule has 18 heavy (non-hydrogen) atoms. The lowest BCUT2D eigenvalue weighted by atomic mass is 9.79. The summed E-state index contributed by atoms with van der Waals surface area (Å²) in [7, 11) is 0. The van der Waals surface area contributed by atoms with Gasteiger partial charge in [-0.2, -0.15) is 5.26 Å². The van der Waals surface area contributed by atoms with E-state index in [4.69, 9.17) is 0 Å². The second-order valence-corrected chi connectivity index (χ2v) is 6.11. The third kappa shape index (κ3) is 3.26. The zero-order valence-corrected chi connectivity index (χ0v) is 12.3. The number of nitrogens with one attached hydrogen (secondary N) is 1. The number of hydrogen-bond acceptors (Lipinski definition) is 2. The summed E-state index contributed by atoms with van der Waals surface area (Å²) in [5, 5.41) is 12.7. The lowest BCUT2D eigenvalue weighted by Crippen LogP contribution is -2.30. The van der Waals surface area contributed by atoms with Gasteiger partial charge >= 0.3 is 0 Å². The van der Waals surface area contributed by atoms with Crippen LogP contribution in [0, 0.1) is 23.2 Å². The molecule has 0 saturated heterocycles. The largest absolute Gasteiger partial charge is 0.369 e. The zero-order valence-electron chi connectivity index (χ0n) is 10.7. The van der Waals surface area contributed by atoms with Gasteiger partial charge in [0.25, 0.3) is 0 Å². The number of para-hydroxylation sites is 1. The van der Waals surface area contributed by atoms with Gasteiger partial charge in [-0.05, 0) is 52.7 Å². The zero-order chi connectivity index (χ0) is 13.0. The van der Waals surface area contributed by atoms with E-state index < -0.39 is 0 Å². The summed E-state index contributed by atoms with van der Waals surface area (Å²) >= 11 is 3.52. The second-order valence-electron chi connectivity index (χ2n) is 5.25. The van der Waals surface area contributed by atoms with Crippen LogP contribution in [0.15, 0.2) is 28.7 Å². The highest BCUT2D eigenvalue weighted by Crippen LogP contribution is 2.32. The number of hydrogen-bond donors (Lipinski definition) is 1. The number of nitrogens with zero attached hydrogens (tertiary/aromatic N) is 1.